The van der Waals surface area contributed by atoms with Gasteiger partial charge >= 0.3 is 0 Å². The number of benzene rings is 2. The molecule has 0 saturated carbocycles. The summed E-state index contributed by atoms with van der Waals surface area (Å²) in [6.07, 6.45) is 0. The van der Waals surface area contributed by atoms with Crippen LogP contribution < -0.4 is 5.32 Å². The highest BCUT2D eigenvalue weighted by molar-refractivity contribution is 7.21. The molecule has 1 heterocycles. The Hall–Kier alpha value is -2.11. The van der Waals surface area contributed by atoms with Gasteiger partial charge < -0.3 is 10.4 Å². The number of phenolic OH excluding ortho intramolecular Hbond substituents is 1. The molecule has 21 heavy (non-hydrogen) atoms. The molecular weight excluding hydrogens is 313 g/mol. The Morgan fingerprint density at radius 3 is 2.67 bits per heavy atom. The van der Waals surface area contributed by atoms with Crippen LogP contribution in [0.5, 0.6) is 5.75 Å². The molecule has 0 fully saturated rings. The number of amides is 1. The number of para-hydroxylation sites is 1. The van der Waals surface area contributed by atoms with E-state index in [2.05, 4.69) is 5.32 Å². The van der Waals surface area contributed by atoms with Crippen LogP contribution in [0.1, 0.15) is 9.67 Å². The number of anilines is 1. The lowest BCUT2D eigenvalue weighted by molar-refractivity contribution is 0.102. The second kappa shape index (κ2) is 5.35. The number of aromatic hydroxyl groups is 1. The first-order valence-corrected chi connectivity index (χ1v) is 7.23. The van der Waals surface area contributed by atoms with Crippen molar-refractivity contribution in [1.82, 2.24) is 0 Å². The van der Waals surface area contributed by atoms with Crippen molar-refractivity contribution in [3.05, 3.63) is 58.2 Å². The predicted octanol–water partition coefficient (Wildman–Crippen LogP) is 4.65. The van der Waals surface area contributed by atoms with E-state index in [1.807, 2.05) is 24.3 Å². The van der Waals surface area contributed by atoms with E-state index >= 15 is 0 Å². The van der Waals surface area contributed by atoms with Crippen LogP contribution in [0.25, 0.3) is 10.1 Å². The third-order valence-electron chi connectivity index (χ3n) is 2.97. The fourth-order valence-corrected chi connectivity index (χ4v) is 3.38. The monoisotopic (exact) mass is 321 g/mol. The number of carbonyl (C=O) groups is 1. The highest BCUT2D eigenvalue weighted by atomic mass is 35.5. The summed E-state index contributed by atoms with van der Waals surface area (Å²) in [5.74, 6) is -1.59. The van der Waals surface area contributed by atoms with Crippen LogP contribution in [0.2, 0.25) is 5.02 Å². The van der Waals surface area contributed by atoms with Crippen molar-refractivity contribution < 1.29 is 14.3 Å². The summed E-state index contributed by atoms with van der Waals surface area (Å²) in [6.45, 7) is 0. The van der Waals surface area contributed by atoms with Crippen molar-refractivity contribution in [3.8, 4) is 5.75 Å². The van der Waals surface area contributed by atoms with E-state index in [1.165, 1.54) is 23.5 Å². The predicted molar refractivity (Wildman–Crippen MR) is 82.9 cm³/mol. The second-order valence-corrected chi connectivity index (χ2v) is 5.76. The lowest BCUT2D eigenvalue weighted by atomic mass is 10.2. The standard InChI is InChI=1S/C15H9ClFNO2S/c16-12-8-4-1-2-7-11(8)21-14(12)15(20)18-13-9(17)5-3-6-10(13)19/h1-7,19H,(H,18,20). The van der Waals surface area contributed by atoms with Gasteiger partial charge in [-0.2, -0.15) is 0 Å². The van der Waals surface area contributed by atoms with Crippen molar-refractivity contribution in [2.24, 2.45) is 0 Å². The molecule has 106 valence electrons. The maximum Gasteiger partial charge on any atom is 0.267 e. The molecule has 3 nitrogen and oxygen atoms in total. The van der Waals surface area contributed by atoms with Crippen LogP contribution in [0, 0.1) is 5.82 Å². The summed E-state index contributed by atoms with van der Waals surface area (Å²) in [4.78, 5) is 12.5. The smallest absolute Gasteiger partial charge is 0.267 e. The Morgan fingerprint density at radius 1 is 1.19 bits per heavy atom. The van der Waals surface area contributed by atoms with Gasteiger partial charge in [0.15, 0.2) is 5.82 Å². The molecule has 1 amide bonds. The molecule has 0 aliphatic rings. The van der Waals surface area contributed by atoms with Crippen LogP contribution in [-0.2, 0) is 0 Å². The van der Waals surface area contributed by atoms with E-state index in [0.29, 0.717) is 5.02 Å². The molecule has 0 unspecified atom stereocenters. The van der Waals surface area contributed by atoms with Crippen molar-refractivity contribution in [1.29, 1.82) is 0 Å². The van der Waals surface area contributed by atoms with E-state index in [1.54, 1.807) is 0 Å². The summed E-state index contributed by atoms with van der Waals surface area (Å²) >= 11 is 7.41. The minimum atomic E-state index is -0.708. The number of phenols is 1. The summed E-state index contributed by atoms with van der Waals surface area (Å²) in [6, 6.07) is 11.1. The van der Waals surface area contributed by atoms with Gasteiger partial charge in [0.2, 0.25) is 0 Å². The molecule has 6 heteroatoms. The zero-order valence-electron chi connectivity index (χ0n) is 10.6. The SMILES string of the molecule is O=C(Nc1c(O)cccc1F)c1sc2ccccc2c1Cl. The largest absolute Gasteiger partial charge is 0.506 e. The van der Waals surface area contributed by atoms with Crippen LogP contribution in [0.4, 0.5) is 10.1 Å². The van der Waals surface area contributed by atoms with Gasteiger partial charge in [0, 0.05) is 10.1 Å². The van der Waals surface area contributed by atoms with Crippen LogP contribution in [0.3, 0.4) is 0 Å². The molecule has 1 aromatic heterocycles. The fraction of sp³-hybridized carbons (Fsp3) is 0. The number of carbonyl (C=O) groups excluding carboxylic acids is 1. The first kappa shape index (κ1) is 13.9. The zero-order chi connectivity index (χ0) is 15.0. The minimum absolute atomic E-state index is 0.254. The first-order chi connectivity index (χ1) is 10.1. The molecule has 2 aromatic carbocycles. The normalized spacial score (nSPS) is 10.8. The first-order valence-electron chi connectivity index (χ1n) is 6.04. The van der Waals surface area contributed by atoms with Gasteiger partial charge in [-0.15, -0.1) is 11.3 Å². The summed E-state index contributed by atoms with van der Waals surface area (Å²) in [5.41, 5.74) is -0.254. The van der Waals surface area contributed by atoms with Crippen LogP contribution >= 0.6 is 22.9 Å². The van der Waals surface area contributed by atoms with E-state index in [9.17, 15) is 14.3 Å². The van der Waals surface area contributed by atoms with Crippen molar-refractivity contribution in [3.63, 3.8) is 0 Å². The van der Waals surface area contributed by atoms with Gasteiger partial charge in [-0.05, 0) is 18.2 Å². The van der Waals surface area contributed by atoms with Gasteiger partial charge in [0.05, 0.1) is 5.02 Å². The zero-order valence-corrected chi connectivity index (χ0v) is 12.1. The Kier molecular flexibility index (Phi) is 3.53. The molecule has 0 atom stereocenters. The van der Waals surface area contributed by atoms with E-state index in [-0.39, 0.29) is 16.3 Å². The maximum atomic E-state index is 13.6. The number of halogens is 2. The maximum absolute atomic E-state index is 13.6. The molecular formula is C15H9ClFNO2S. The lowest BCUT2D eigenvalue weighted by Crippen LogP contribution is -2.12. The van der Waals surface area contributed by atoms with Crippen LogP contribution in [0.15, 0.2) is 42.5 Å². The average molecular weight is 322 g/mol. The summed E-state index contributed by atoms with van der Waals surface area (Å²) in [5, 5.41) is 13.1. The molecule has 3 aromatic rings. The molecule has 0 saturated heterocycles. The Bertz CT molecular complexity index is 827. The van der Waals surface area contributed by atoms with E-state index in [4.69, 9.17) is 11.6 Å². The van der Waals surface area contributed by atoms with Gasteiger partial charge in [-0.25, -0.2) is 4.39 Å². The molecule has 0 bridgehead atoms. The number of nitrogens with one attached hydrogen (secondary N) is 1. The molecule has 0 aliphatic heterocycles. The Morgan fingerprint density at radius 2 is 1.95 bits per heavy atom. The van der Waals surface area contributed by atoms with Crippen molar-refractivity contribution in [2.75, 3.05) is 5.32 Å². The third kappa shape index (κ3) is 2.46. The number of rotatable bonds is 2. The van der Waals surface area contributed by atoms with Gasteiger partial charge in [-0.1, -0.05) is 35.9 Å². The number of hydrogen-bond donors (Lipinski definition) is 2. The fourth-order valence-electron chi connectivity index (χ4n) is 1.97. The second-order valence-electron chi connectivity index (χ2n) is 4.33. The topological polar surface area (TPSA) is 49.3 Å². The summed E-state index contributed by atoms with van der Waals surface area (Å²) < 4.78 is 14.5. The lowest BCUT2D eigenvalue weighted by Gasteiger charge is -2.07. The molecule has 0 radical (unpaired) electrons. The number of hydrogen-bond acceptors (Lipinski definition) is 3. The highest BCUT2D eigenvalue weighted by Gasteiger charge is 2.19. The number of fused-ring (bicyclic) bond motifs is 1. The quantitative estimate of drug-likeness (QED) is 0.675. The van der Waals surface area contributed by atoms with Gasteiger partial charge in [0.25, 0.3) is 5.91 Å². The molecule has 2 N–H and O–H groups in total. The molecule has 0 spiro atoms. The van der Waals surface area contributed by atoms with Crippen molar-refractivity contribution in [2.45, 2.75) is 0 Å². The van der Waals surface area contributed by atoms with E-state index < -0.39 is 11.7 Å². The number of thiophene rings is 1. The molecule has 3 rings (SSSR count). The minimum Gasteiger partial charge on any atom is -0.506 e. The molecule has 0 aliphatic carbocycles. The van der Waals surface area contributed by atoms with Gasteiger partial charge in [0.1, 0.15) is 16.3 Å². The van der Waals surface area contributed by atoms with Crippen molar-refractivity contribution >= 4 is 44.6 Å². The Labute approximate surface area is 128 Å². The van der Waals surface area contributed by atoms with E-state index in [0.717, 1.165) is 16.2 Å². The highest BCUT2D eigenvalue weighted by Crippen LogP contribution is 2.36. The Balaban J connectivity index is 2.00. The van der Waals surface area contributed by atoms with Crippen LogP contribution in [-0.4, -0.2) is 11.0 Å². The third-order valence-corrected chi connectivity index (χ3v) is 4.65. The van der Waals surface area contributed by atoms with Gasteiger partial charge in [-0.3, -0.25) is 4.79 Å². The average Bonchev–Trinajstić information content (AvgIpc) is 2.81. The summed E-state index contributed by atoms with van der Waals surface area (Å²) in [7, 11) is 0.